The summed E-state index contributed by atoms with van der Waals surface area (Å²) in [6.07, 6.45) is 1.02. The van der Waals surface area contributed by atoms with E-state index < -0.39 is 28.5 Å². The fourth-order valence-electron chi connectivity index (χ4n) is 3.67. The average Bonchev–Trinajstić information content (AvgIpc) is 2.82. The van der Waals surface area contributed by atoms with Gasteiger partial charge in [0.2, 0.25) is 21.8 Å². The van der Waals surface area contributed by atoms with Crippen LogP contribution in [0.4, 0.5) is 5.69 Å². The number of amides is 2. The molecule has 0 spiro atoms. The lowest BCUT2D eigenvalue weighted by Gasteiger charge is -2.32. The van der Waals surface area contributed by atoms with Gasteiger partial charge in [0.25, 0.3) is 0 Å². The molecule has 0 saturated heterocycles. The van der Waals surface area contributed by atoms with Crippen LogP contribution < -0.4 is 19.1 Å². The highest BCUT2D eigenvalue weighted by Crippen LogP contribution is 2.34. The summed E-state index contributed by atoms with van der Waals surface area (Å²) in [7, 11) is -3.85. The van der Waals surface area contributed by atoms with Crippen molar-refractivity contribution in [2.75, 3.05) is 36.9 Å². The number of carbonyl (C=O) groups is 2. The molecule has 0 saturated carbocycles. The second kappa shape index (κ2) is 11.8. The SMILES string of the molecule is CC(C)CNC(=O)[C@H](C)N(Cc1cccc(Cl)c1)C(=O)CN(c1ccc2c(c1)OCCO2)S(C)(=O)=O. The van der Waals surface area contributed by atoms with Gasteiger partial charge in [-0.15, -0.1) is 0 Å². The highest BCUT2D eigenvalue weighted by molar-refractivity contribution is 7.92. The molecular formula is C25H32ClN3O6S. The molecule has 0 bridgehead atoms. The maximum absolute atomic E-state index is 13.6. The normalized spacial score (nSPS) is 13.7. The summed E-state index contributed by atoms with van der Waals surface area (Å²) in [5.74, 6) is 0.265. The van der Waals surface area contributed by atoms with Gasteiger partial charge < -0.3 is 19.7 Å². The number of hydrogen-bond acceptors (Lipinski definition) is 6. The molecule has 1 atom stereocenters. The Morgan fingerprint density at radius 2 is 1.75 bits per heavy atom. The van der Waals surface area contributed by atoms with Crippen LogP contribution in [0.2, 0.25) is 5.02 Å². The Kier molecular flexibility index (Phi) is 9.08. The summed E-state index contributed by atoms with van der Waals surface area (Å²) >= 11 is 6.12. The molecular weight excluding hydrogens is 506 g/mol. The third-order valence-electron chi connectivity index (χ3n) is 5.59. The number of halogens is 1. The van der Waals surface area contributed by atoms with Crippen LogP contribution in [0.3, 0.4) is 0 Å². The number of carbonyl (C=O) groups excluding carboxylic acids is 2. The first-order chi connectivity index (χ1) is 17.0. The molecule has 1 aliphatic rings. The lowest BCUT2D eigenvalue weighted by Crippen LogP contribution is -2.51. The van der Waals surface area contributed by atoms with E-state index in [9.17, 15) is 18.0 Å². The van der Waals surface area contributed by atoms with E-state index in [-0.39, 0.29) is 24.1 Å². The molecule has 36 heavy (non-hydrogen) atoms. The van der Waals surface area contributed by atoms with Gasteiger partial charge in [-0.3, -0.25) is 13.9 Å². The minimum Gasteiger partial charge on any atom is -0.486 e. The van der Waals surface area contributed by atoms with Crippen molar-refractivity contribution in [1.29, 1.82) is 0 Å². The molecule has 0 radical (unpaired) electrons. The van der Waals surface area contributed by atoms with Crippen LogP contribution in [0.25, 0.3) is 0 Å². The summed E-state index contributed by atoms with van der Waals surface area (Å²) in [6.45, 7) is 6.33. The first-order valence-corrected chi connectivity index (χ1v) is 13.9. The highest BCUT2D eigenvalue weighted by Gasteiger charge is 2.30. The molecule has 2 aromatic carbocycles. The molecule has 11 heteroatoms. The third kappa shape index (κ3) is 7.27. The van der Waals surface area contributed by atoms with Crippen LogP contribution in [0, 0.1) is 5.92 Å². The molecule has 196 valence electrons. The average molecular weight is 538 g/mol. The number of ether oxygens (including phenoxy) is 2. The number of benzene rings is 2. The molecule has 3 rings (SSSR count). The van der Waals surface area contributed by atoms with Gasteiger partial charge in [0.1, 0.15) is 25.8 Å². The molecule has 2 aromatic rings. The first-order valence-electron chi connectivity index (χ1n) is 11.6. The lowest BCUT2D eigenvalue weighted by atomic mass is 10.1. The Bertz CT molecular complexity index is 1200. The molecule has 1 aliphatic heterocycles. The van der Waals surface area contributed by atoms with E-state index in [0.717, 1.165) is 10.6 Å². The largest absolute Gasteiger partial charge is 0.486 e. The smallest absolute Gasteiger partial charge is 0.244 e. The van der Waals surface area contributed by atoms with Crippen molar-refractivity contribution in [1.82, 2.24) is 10.2 Å². The summed E-state index contributed by atoms with van der Waals surface area (Å²) in [4.78, 5) is 27.8. The molecule has 1 N–H and O–H groups in total. The number of hydrogen-bond donors (Lipinski definition) is 1. The number of nitrogens with one attached hydrogen (secondary N) is 1. The van der Waals surface area contributed by atoms with Crippen molar-refractivity contribution in [2.24, 2.45) is 5.92 Å². The fourth-order valence-corrected chi connectivity index (χ4v) is 4.72. The van der Waals surface area contributed by atoms with Crippen LogP contribution in [0.15, 0.2) is 42.5 Å². The zero-order valence-corrected chi connectivity index (χ0v) is 22.4. The number of sulfonamides is 1. The zero-order chi connectivity index (χ0) is 26.5. The van der Waals surface area contributed by atoms with Crippen LogP contribution in [-0.4, -0.2) is 63.7 Å². The van der Waals surface area contributed by atoms with Crippen molar-refractivity contribution in [3.63, 3.8) is 0 Å². The van der Waals surface area contributed by atoms with E-state index in [1.54, 1.807) is 43.3 Å². The van der Waals surface area contributed by atoms with Gasteiger partial charge in [-0.1, -0.05) is 37.6 Å². The summed E-state index contributed by atoms with van der Waals surface area (Å²) < 4.78 is 37.5. The number of nitrogens with zero attached hydrogens (tertiary/aromatic N) is 2. The predicted molar refractivity (Wildman–Crippen MR) is 139 cm³/mol. The molecule has 9 nitrogen and oxygen atoms in total. The van der Waals surface area contributed by atoms with Crippen LogP contribution >= 0.6 is 11.6 Å². The molecule has 0 unspecified atom stereocenters. The number of fused-ring (bicyclic) bond motifs is 1. The topological polar surface area (TPSA) is 105 Å². The molecule has 1 heterocycles. The van der Waals surface area contributed by atoms with Gasteiger partial charge in [0.15, 0.2) is 11.5 Å². The summed E-state index contributed by atoms with van der Waals surface area (Å²) in [6, 6.07) is 10.8. The van der Waals surface area contributed by atoms with E-state index >= 15 is 0 Å². The second-order valence-electron chi connectivity index (χ2n) is 9.06. The Morgan fingerprint density at radius 1 is 1.06 bits per heavy atom. The van der Waals surface area contributed by atoms with Crippen LogP contribution in [-0.2, 0) is 26.2 Å². The van der Waals surface area contributed by atoms with Crippen LogP contribution in [0.5, 0.6) is 11.5 Å². The van der Waals surface area contributed by atoms with Crippen molar-refractivity contribution in [2.45, 2.75) is 33.4 Å². The third-order valence-corrected chi connectivity index (χ3v) is 6.96. The van der Waals surface area contributed by atoms with E-state index in [4.69, 9.17) is 21.1 Å². The molecule has 0 aliphatic carbocycles. The Hall–Kier alpha value is -2.98. The lowest BCUT2D eigenvalue weighted by molar-refractivity contribution is -0.139. The van der Waals surface area contributed by atoms with Crippen LogP contribution in [0.1, 0.15) is 26.3 Å². The maximum Gasteiger partial charge on any atom is 0.244 e. The predicted octanol–water partition coefficient (Wildman–Crippen LogP) is 3.07. The Morgan fingerprint density at radius 3 is 2.39 bits per heavy atom. The standard InChI is InChI=1S/C25H32ClN3O6S/c1-17(2)14-27-25(31)18(3)28(15-19-6-5-7-20(26)12-19)24(30)16-29(36(4,32)33)21-8-9-22-23(13-21)35-11-10-34-22/h5-9,12-13,17-18H,10-11,14-16H2,1-4H3,(H,27,31)/t18-/m0/s1. The molecule has 2 amide bonds. The molecule has 0 aromatic heterocycles. The van der Waals surface area contributed by atoms with Crippen molar-refractivity contribution >= 4 is 39.1 Å². The first kappa shape index (κ1) is 27.6. The monoisotopic (exact) mass is 537 g/mol. The van der Waals surface area contributed by atoms with Crippen molar-refractivity contribution in [3.05, 3.63) is 53.1 Å². The number of rotatable bonds is 10. The summed E-state index contributed by atoms with van der Waals surface area (Å²) in [5, 5.41) is 3.33. The Labute approximate surface area is 217 Å². The minimum atomic E-state index is -3.85. The number of anilines is 1. The fraction of sp³-hybridized carbons (Fsp3) is 0.440. The van der Waals surface area contributed by atoms with Gasteiger partial charge in [-0.05, 0) is 42.7 Å². The van der Waals surface area contributed by atoms with Gasteiger partial charge in [-0.25, -0.2) is 8.42 Å². The summed E-state index contributed by atoms with van der Waals surface area (Å²) in [5.41, 5.74) is 0.972. The Balaban J connectivity index is 1.90. The van der Waals surface area contributed by atoms with E-state index in [0.29, 0.717) is 41.8 Å². The van der Waals surface area contributed by atoms with E-state index in [1.165, 1.54) is 11.0 Å². The van der Waals surface area contributed by atoms with Gasteiger partial charge in [0, 0.05) is 24.2 Å². The minimum absolute atomic E-state index is 0.0778. The second-order valence-corrected chi connectivity index (χ2v) is 11.4. The molecule has 0 fully saturated rings. The van der Waals surface area contributed by atoms with Gasteiger partial charge >= 0.3 is 0 Å². The quantitative estimate of drug-likeness (QED) is 0.499. The van der Waals surface area contributed by atoms with Gasteiger partial charge in [-0.2, -0.15) is 0 Å². The van der Waals surface area contributed by atoms with E-state index in [2.05, 4.69) is 5.32 Å². The van der Waals surface area contributed by atoms with Crippen molar-refractivity contribution < 1.29 is 27.5 Å². The zero-order valence-electron chi connectivity index (χ0n) is 20.9. The van der Waals surface area contributed by atoms with E-state index in [1.807, 2.05) is 13.8 Å². The maximum atomic E-state index is 13.6. The van der Waals surface area contributed by atoms with Gasteiger partial charge in [0.05, 0.1) is 11.9 Å². The van der Waals surface area contributed by atoms with Crippen molar-refractivity contribution in [3.8, 4) is 11.5 Å². The highest BCUT2D eigenvalue weighted by atomic mass is 35.5.